The molecule has 0 bridgehead atoms. The number of hydrazone groups is 1. The second kappa shape index (κ2) is 8.79. The number of benzene rings is 1. The second-order valence-electron chi connectivity index (χ2n) is 8.00. The van der Waals surface area contributed by atoms with Crippen LogP contribution in [0.5, 0.6) is 0 Å². The molecule has 0 saturated carbocycles. The number of pyridine rings is 2. The van der Waals surface area contributed by atoms with Gasteiger partial charge < -0.3 is 0 Å². The maximum Gasteiger partial charge on any atom is 0.433 e. The van der Waals surface area contributed by atoms with E-state index in [4.69, 9.17) is 11.6 Å². The summed E-state index contributed by atoms with van der Waals surface area (Å²) in [4.78, 5) is 21.0. The van der Waals surface area contributed by atoms with Crippen molar-refractivity contribution in [1.29, 1.82) is 0 Å². The van der Waals surface area contributed by atoms with E-state index in [0.717, 1.165) is 34.5 Å². The number of amides is 2. The highest BCUT2D eigenvalue weighted by atomic mass is 35.5. The lowest BCUT2D eigenvalue weighted by atomic mass is 9.93. The number of hydrogen-bond acceptors (Lipinski definition) is 5. The summed E-state index contributed by atoms with van der Waals surface area (Å²) in [5.41, 5.74) is 2.73. The Hall–Kier alpha value is -3.76. The number of hydrogen-bond donors (Lipinski definition) is 0. The number of fused-ring (bicyclic) bond motifs is 1. The van der Waals surface area contributed by atoms with Crippen LogP contribution in [0.15, 0.2) is 72.2 Å². The van der Waals surface area contributed by atoms with Crippen molar-refractivity contribution in [1.82, 2.24) is 25.0 Å². The zero-order chi connectivity index (χ0) is 24.7. The van der Waals surface area contributed by atoms with E-state index in [9.17, 15) is 18.0 Å². The Balaban J connectivity index is 1.53. The Kier molecular flexibility index (Phi) is 5.78. The molecule has 1 fully saturated rings. The molecule has 0 aliphatic carbocycles. The Morgan fingerprint density at radius 3 is 2.43 bits per heavy atom. The molecular formula is C24H18ClF3N6O. The molecule has 1 saturated heterocycles. The number of rotatable bonds is 4. The van der Waals surface area contributed by atoms with Crippen LogP contribution in [0.2, 0.25) is 5.02 Å². The number of hydrazine groups is 1. The van der Waals surface area contributed by atoms with Gasteiger partial charge in [-0.05, 0) is 35.4 Å². The molecule has 5 rings (SSSR count). The first-order chi connectivity index (χ1) is 16.7. The molecule has 35 heavy (non-hydrogen) atoms. The summed E-state index contributed by atoms with van der Waals surface area (Å²) in [5, 5.41) is 9.50. The highest BCUT2D eigenvalue weighted by molar-refractivity contribution is 6.30. The summed E-state index contributed by atoms with van der Waals surface area (Å²) in [6.45, 7) is 0.0274. The van der Waals surface area contributed by atoms with Crippen molar-refractivity contribution < 1.29 is 18.0 Å². The van der Waals surface area contributed by atoms with Crippen LogP contribution in [0.25, 0.3) is 11.1 Å². The zero-order valence-electron chi connectivity index (χ0n) is 18.3. The van der Waals surface area contributed by atoms with Crippen molar-refractivity contribution in [2.24, 2.45) is 5.10 Å². The van der Waals surface area contributed by atoms with Crippen molar-refractivity contribution in [2.75, 3.05) is 7.05 Å². The van der Waals surface area contributed by atoms with Gasteiger partial charge in [-0.1, -0.05) is 35.9 Å². The van der Waals surface area contributed by atoms with Gasteiger partial charge in [0.05, 0.1) is 12.8 Å². The van der Waals surface area contributed by atoms with Crippen LogP contribution in [0.3, 0.4) is 0 Å². The molecule has 4 heterocycles. The van der Waals surface area contributed by atoms with Crippen molar-refractivity contribution in [3.8, 4) is 0 Å². The SMILES string of the molecule is CN1C2C(c3cccnc3)=C(c3ccc(Cl)cc3)C=NN2C(=O)N1Cc1ccc(C(F)(F)F)nc1. The van der Waals surface area contributed by atoms with E-state index in [0.29, 0.717) is 10.6 Å². The molecule has 2 aliphatic rings. The highest BCUT2D eigenvalue weighted by Gasteiger charge is 2.47. The molecule has 1 unspecified atom stereocenters. The molecule has 7 nitrogen and oxygen atoms in total. The Bertz CT molecular complexity index is 1310. The van der Waals surface area contributed by atoms with Crippen LogP contribution < -0.4 is 0 Å². The van der Waals surface area contributed by atoms with Crippen molar-refractivity contribution in [2.45, 2.75) is 18.9 Å². The van der Waals surface area contributed by atoms with Crippen LogP contribution in [-0.4, -0.2) is 50.5 Å². The van der Waals surface area contributed by atoms with E-state index < -0.39 is 24.1 Å². The van der Waals surface area contributed by atoms with E-state index in [1.54, 1.807) is 48.9 Å². The maximum atomic E-state index is 13.3. The molecule has 1 aromatic carbocycles. The van der Waals surface area contributed by atoms with Crippen LogP contribution >= 0.6 is 11.6 Å². The molecule has 0 N–H and O–H groups in total. The molecule has 2 amide bonds. The maximum absolute atomic E-state index is 13.3. The molecule has 0 radical (unpaired) electrons. The Morgan fingerprint density at radius 1 is 1.03 bits per heavy atom. The third-order valence-electron chi connectivity index (χ3n) is 5.82. The third-order valence-corrected chi connectivity index (χ3v) is 6.07. The largest absolute Gasteiger partial charge is 0.433 e. The summed E-state index contributed by atoms with van der Waals surface area (Å²) in [6, 6.07) is 12.8. The first-order valence-electron chi connectivity index (χ1n) is 10.5. The second-order valence-corrected chi connectivity index (χ2v) is 8.44. The van der Waals surface area contributed by atoms with Crippen molar-refractivity contribution in [3.63, 3.8) is 0 Å². The first kappa shape index (κ1) is 23.0. The average molecular weight is 499 g/mol. The minimum absolute atomic E-state index is 0.0274. The lowest BCUT2D eigenvalue weighted by Gasteiger charge is -2.31. The van der Waals surface area contributed by atoms with E-state index in [1.807, 2.05) is 18.2 Å². The van der Waals surface area contributed by atoms with Gasteiger partial charge in [-0.15, -0.1) is 0 Å². The van der Waals surface area contributed by atoms with Gasteiger partial charge in [-0.25, -0.2) is 9.80 Å². The quantitative estimate of drug-likeness (QED) is 0.498. The molecule has 2 aromatic heterocycles. The summed E-state index contributed by atoms with van der Waals surface area (Å²) in [6.07, 6.45) is 0.996. The van der Waals surface area contributed by atoms with Crippen molar-refractivity contribution in [3.05, 3.63) is 94.5 Å². The van der Waals surface area contributed by atoms with Gasteiger partial charge in [0.15, 0.2) is 6.17 Å². The van der Waals surface area contributed by atoms with Gasteiger partial charge in [-0.3, -0.25) is 9.97 Å². The smallest absolute Gasteiger partial charge is 0.264 e. The number of urea groups is 1. The normalized spacial score (nSPS) is 18.4. The third kappa shape index (κ3) is 4.26. The summed E-state index contributed by atoms with van der Waals surface area (Å²) < 4.78 is 38.6. The van der Waals surface area contributed by atoms with Crippen molar-refractivity contribution >= 4 is 35.0 Å². The number of halogens is 4. The number of likely N-dealkylation sites (N-methyl/N-ethyl adjacent to an activating group) is 1. The monoisotopic (exact) mass is 498 g/mol. The van der Waals surface area contributed by atoms with Gasteiger partial charge in [0.1, 0.15) is 5.69 Å². The first-order valence-corrected chi connectivity index (χ1v) is 10.9. The molecular weight excluding hydrogens is 481 g/mol. The fraction of sp³-hybridized carbons (Fsp3) is 0.167. The number of nitrogens with zero attached hydrogens (tertiary/aromatic N) is 6. The number of aromatic nitrogens is 2. The number of allylic oxidation sites excluding steroid dienone is 1. The molecule has 0 spiro atoms. The van der Waals surface area contributed by atoms with Gasteiger partial charge in [0.2, 0.25) is 0 Å². The average Bonchev–Trinajstić information content (AvgIpc) is 3.09. The van der Waals surface area contributed by atoms with E-state index in [2.05, 4.69) is 15.1 Å². The fourth-order valence-corrected chi connectivity index (χ4v) is 4.25. The molecule has 11 heteroatoms. The predicted octanol–water partition coefficient (Wildman–Crippen LogP) is 5.17. The molecule has 3 aromatic rings. The van der Waals surface area contributed by atoms with Crippen LogP contribution in [0.4, 0.5) is 18.0 Å². The zero-order valence-corrected chi connectivity index (χ0v) is 19.1. The van der Waals surface area contributed by atoms with E-state index >= 15 is 0 Å². The molecule has 1 atom stereocenters. The fourth-order valence-electron chi connectivity index (χ4n) is 4.12. The van der Waals surface area contributed by atoms with Crippen LogP contribution in [0, 0.1) is 0 Å². The number of alkyl halides is 3. The van der Waals surface area contributed by atoms with Gasteiger partial charge in [0.25, 0.3) is 0 Å². The highest BCUT2D eigenvalue weighted by Crippen LogP contribution is 2.39. The standard InChI is InChI=1S/C24H18ClF3N6O/c1-32-22-21(17-3-2-10-29-12-17)19(16-5-7-18(25)8-6-16)13-31-34(22)23(35)33(32)14-15-4-9-20(30-11-15)24(26,27)28/h2-13,22H,14H2,1H3. The molecule has 2 aliphatic heterocycles. The van der Waals surface area contributed by atoms with Crippen LogP contribution in [-0.2, 0) is 12.7 Å². The minimum Gasteiger partial charge on any atom is -0.264 e. The van der Waals surface area contributed by atoms with Gasteiger partial charge in [-0.2, -0.15) is 28.3 Å². The Morgan fingerprint density at radius 2 is 1.80 bits per heavy atom. The number of carbonyl (C=O) groups excluding carboxylic acids is 1. The summed E-state index contributed by atoms with van der Waals surface area (Å²) in [7, 11) is 1.73. The lowest BCUT2D eigenvalue weighted by Crippen LogP contribution is -2.41. The van der Waals surface area contributed by atoms with Gasteiger partial charge in [0, 0.05) is 47.4 Å². The lowest BCUT2D eigenvalue weighted by molar-refractivity contribution is -0.141. The number of carbonyl (C=O) groups is 1. The predicted molar refractivity (Wildman–Crippen MR) is 125 cm³/mol. The molecule has 178 valence electrons. The topological polar surface area (TPSA) is 64.9 Å². The summed E-state index contributed by atoms with van der Waals surface area (Å²) >= 11 is 6.07. The summed E-state index contributed by atoms with van der Waals surface area (Å²) in [5.74, 6) is 0. The Labute approximate surface area is 203 Å². The van der Waals surface area contributed by atoms with E-state index in [1.165, 1.54) is 16.1 Å². The minimum atomic E-state index is -4.53. The van der Waals surface area contributed by atoms with E-state index in [-0.39, 0.29) is 6.54 Å². The van der Waals surface area contributed by atoms with Crippen LogP contribution in [0.1, 0.15) is 22.4 Å². The van der Waals surface area contributed by atoms with Gasteiger partial charge >= 0.3 is 12.2 Å².